The van der Waals surface area contributed by atoms with Crippen molar-refractivity contribution in [1.29, 1.82) is 0 Å². The summed E-state index contributed by atoms with van der Waals surface area (Å²) < 4.78 is 5.08. The average Bonchev–Trinajstić information content (AvgIpc) is 2.73. The molecule has 2 N–H and O–H groups in total. The Hall–Kier alpha value is -3.98. The van der Waals surface area contributed by atoms with E-state index in [4.69, 9.17) is 19.8 Å². The number of carbonyl (C=O) groups excluding carboxylic acids is 1. The fraction of sp³-hybridized carbons (Fsp3) is 0.263. The summed E-state index contributed by atoms with van der Waals surface area (Å²) in [6.45, 7) is 1.61. The lowest BCUT2D eigenvalue weighted by molar-refractivity contribution is -0.411. The molecule has 0 heterocycles. The molecule has 0 bridgehead atoms. The number of nitrogens with zero attached hydrogens (tertiary/aromatic N) is 2. The predicted octanol–water partition coefficient (Wildman–Crippen LogP) is 3.23. The minimum absolute atomic E-state index is 0.0195. The van der Waals surface area contributed by atoms with Crippen molar-refractivity contribution < 1.29 is 49.2 Å². The van der Waals surface area contributed by atoms with Gasteiger partial charge in [0.1, 0.15) is 13.2 Å². The van der Waals surface area contributed by atoms with Gasteiger partial charge < -0.3 is 9.84 Å². The van der Waals surface area contributed by atoms with Crippen LogP contribution >= 0.6 is 0 Å². The van der Waals surface area contributed by atoms with Gasteiger partial charge in [-0.25, -0.2) is 19.4 Å². The van der Waals surface area contributed by atoms with E-state index in [9.17, 15) is 34.9 Å². The Morgan fingerprint density at radius 2 is 1.61 bits per heavy atom. The Labute approximate surface area is 185 Å². The van der Waals surface area contributed by atoms with E-state index in [0.29, 0.717) is 0 Å². The molecule has 0 fully saturated rings. The molecule has 0 amide bonds. The van der Waals surface area contributed by atoms with Gasteiger partial charge in [0.15, 0.2) is 5.56 Å². The lowest BCUT2D eigenvalue weighted by atomic mass is 10.1. The number of hydrogen-bond donors (Lipinski definition) is 2. The number of ether oxygens (including phenoxy) is 1. The third-order valence-corrected chi connectivity index (χ3v) is 4.14. The van der Waals surface area contributed by atoms with Gasteiger partial charge in [0.25, 0.3) is 11.4 Å². The van der Waals surface area contributed by atoms with E-state index in [1.54, 1.807) is 0 Å². The van der Waals surface area contributed by atoms with Gasteiger partial charge in [0.2, 0.25) is 5.79 Å². The zero-order valence-corrected chi connectivity index (χ0v) is 17.2. The SMILES string of the molecule is CC(C)(OOCc1cccc([N+](=O)[O-])c1COO)OC(=O)c1cccc([N+](=O)[O-])c1C(=O)O. The van der Waals surface area contributed by atoms with Crippen LogP contribution in [0.15, 0.2) is 36.4 Å². The van der Waals surface area contributed by atoms with Crippen molar-refractivity contribution in [3.8, 4) is 0 Å². The van der Waals surface area contributed by atoms with Crippen LogP contribution in [0.5, 0.6) is 0 Å². The quantitative estimate of drug-likeness (QED) is 0.161. The lowest BCUT2D eigenvalue weighted by Gasteiger charge is -2.24. The molecule has 0 aliphatic rings. The second-order valence-corrected chi connectivity index (χ2v) is 6.84. The first kappa shape index (κ1) is 25.3. The highest BCUT2D eigenvalue weighted by atomic mass is 17.2. The standard InChI is InChI=1S/C19H18N2O12/c1-19(2,32-18(24)12-6-4-8-15(21(27)28)16(12)17(22)23)33-31-9-11-5-3-7-14(20(25)26)13(11)10-30-29/h3-8,29H,9-10H2,1-2H3,(H,22,23). The van der Waals surface area contributed by atoms with Crippen molar-refractivity contribution in [3.05, 3.63) is 78.9 Å². The van der Waals surface area contributed by atoms with Gasteiger partial charge in [-0.3, -0.25) is 25.5 Å². The first-order chi connectivity index (χ1) is 15.5. The van der Waals surface area contributed by atoms with Gasteiger partial charge in [0.05, 0.1) is 21.0 Å². The number of esters is 1. The average molecular weight is 466 g/mol. The van der Waals surface area contributed by atoms with Gasteiger partial charge in [-0.1, -0.05) is 18.2 Å². The van der Waals surface area contributed by atoms with Crippen LogP contribution in [0.1, 0.15) is 45.7 Å². The molecule has 0 saturated carbocycles. The van der Waals surface area contributed by atoms with E-state index in [-0.39, 0.29) is 23.4 Å². The molecule has 33 heavy (non-hydrogen) atoms. The number of nitro benzene ring substituents is 2. The molecule has 0 spiro atoms. The van der Waals surface area contributed by atoms with Crippen LogP contribution in [0.3, 0.4) is 0 Å². The Bertz CT molecular complexity index is 1080. The first-order valence-electron chi connectivity index (χ1n) is 9.04. The normalized spacial score (nSPS) is 11.1. The van der Waals surface area contributed by atoms with Crippen LogP contribution in [0.4, 0.5) is 11.4 Å². The highest BCUT2D eigenvalue weighted by Crippen LogP contribution is 2.27. The van der Waals surface area contributed by atoms with Crippen molar-refractivity contribution in [2.45, 2.75) is 32.8 Å². The second kappa shape index (κ2) is 10.6. The Morgan fingerprint density at radius 1 is 1.00 bits per heavy atom. The molecule has 0 unspecified atom stereocenters. The minimum Gasteiger partial charge on any atom is -0.477 e. The Balaban J connectivity index is 2.15. The van der Waals surface area contributed by atoms with Crippen molar-refractivity contribution in [2.24, 2.45) is 0 Å². The third kappa shape index (κ3) is 6.27. The van der Waals surface area contributed by atoms with E-state index in [1.165, 1.54) is 32.0 Å². The van der Waals surface area contributed by atoms with Gasteiger partial charge in [-0.2, -0.15) is 4.89 Å². The van der Waals surface area contributed by atoms with Crippen molar-refractivity contribution in [3.63, 3.8) is 0 Å². The fourth-order valence-electron chi connectivity index (χ4n) is 2.78. The van der Waals surface area contributed by atoms with E-state index in [2.05, 4.69) is 4.89 Å². The van der Waals surface area contributed by atoms with Gasteiger partial charge >= 0.3 is 11.9 Å². The Kier molecular flexibility index (Phi) is 8.09. The molecule has 2 aromatic rings. The fourth-order valence-corrected chi connectivity index (χ4v) is 2.78. The molecular formula is C19H18N2O12. The lowest BCUT2D eigenvalue weighted by Crippen LogP contribution is -2.32. The number of aromatic carboxylic acids is 1. The topological polar surface area (TPSA) is 198 Å². The van der Waals surface area contributed by atoms with Crippen LogP contribution in [-0.4, -0.2) is 37.9 Å². The molecule has 0 aliphatic carbocycles. The van der Waals surface area contributed by atoms with E-state index < -0.39 is 51.0 Å². The smallest absolute Gasteiger partial charge is 0.343 e. The van der Waals surface area contributed by atoms with Crippen LogP contribution in [0.2, 0.25) is 0 Å². The highest BCUT2D eigenvalue weighted by molar-refractivity contribution is 6.05. The van der Waals surface area contributed by atoms with Crippen LogP contribution in [-0.2, 0) is 32.6 Å². The van der Waals surface area contributed by atoms with E-state index in [1.807, 2.05) is 0 Å². The summed E-state index contributed by atoms with van der Waals surface area (Å²) in [5.41, 5.74) is -2.30. The highest BCUT2D eigenvalue weighted by Gasteiger charge is 2.32. The molecule has 0 saturated heterocycles. The van der Waals surface area contributed by atoms with E-state index in [0.717, 1.165) is 18.2 Å². The maximum atomic E-state index is 12.5. The van der Waals surface area contributed by atoms with Crippen molar-refractivity contribution in [1.82, 2.24) is 0 Å². The number of carboxylic acid groups (broad SMARTS) is 1. The largest absolute Gasteiger partial charge is 0.477 e. The summed E-state index contributed by atoms with van der Waals surface area (Å²) in [6, 6.07) is 7.12. The summed E-state index contributed by atoms with van der Waals surface area (Å²) in [5.74, 6) is -4.73. The minimum atomic E-state index is -1.80. The summed E-state index contributed by atoms with van der Waals surface area (Å²) in [6.07, 6.45) is 0. The van der Waals surface area contributed by atoms with Crippen LogP contribution < -0.4 is 0 Å². The predicted molar refractivity (Wildman–Crippen MR) is 106 cm³/mol. The van der Waals surface area contributed by atoms with Gasteiger partial charge in [-0.05, 0) is 11.6 Å². The summed E-state index contributed by atoms with van der Waals surface area (Å²) in [7, 11) is 0. The number of benzene rings is 2. The third-order valence-electron chi connectivity index (χ3n) is 4.14. The Morgan fingerprint density at radius 3 is 2.18 bits per heavy atom. The number of carboxylic acids is 1. The molecule has 14 heteroatoms. The number of rotatable bonds is 11. The summed E-state index contributed by atoms with van der Waals surface area (Å²) >= 11 is 0. The molecule has 176 valence electrons. The van der Waals surface area contributed by atoms with Crippen LogP contribution in [0.25, 0.3) is 0 Å². The molecule has 0 aliphatic heterocycles. The number of hydrogen-bond acceptors (Lipinski definition) is 11. The number of carbonyl (C=O) groups is 2. The summed E-state index contributed by atoms with van der Waals surface area (Å²) in [5, 5.41) is 40.2. The molecule has 2 aromatic carbocycles. The molecule has 2 rings (SSSR count). The number of nitro groups is 2. The molecule has 0 aromatic heterocycles. The van der Waals surface area contributed by atoms with Crippen molar-refractivity contribution >= 4 is 23.3 Å². The monoisotopic (exact) mass is 466 g/mol. The molecule has 0 atom stereocenters. The second-order valence-electron chi connectivity index (χ2n) is 6.84. The van der Waals surface area contributed by atoms with Crippen molar-refractivity contribution in [2.75, 3.05) is 0 Å². The van der Waals surface area contributed by atoms with Gasteiger partial charge in [-0.15, -0.1) is 0 Å². The molecule has 14 nitrogen and oxygen atoms in total. The maximum Gasteiger partial charge on any atom is 0.343 e. The zero-order valence-electron chi connectivity index (χ0n) is 17.2. The zero-order chi connectivity index (χ0) is 24.8. The van der Waals surface area contributed by atoms with Gasteiger partial charge in [0, 0.05) is 26.0 Å². The maximum absolute atomic E-state index is 12.5. The molecule has 0 radical (unpaired) electrons. The molecular weight excluding hydrogens is 448 g/mol. The van der Waals surface area contributed by atoms with E-state index >= 15 is 0 Å². The summed E-state index contributed by atoms with van der Waals surface area (Å²) in [4.78, 5) is 58.6. The van der Waals surface area contributed by atoms with Crippen LogP contribution in [0, 0.1) is 20.2 Å². The first-order valence-corrected chi connectivity index (χ1v) is 9.04.